The number of ether oxygens (including phenoxy) is 2. The second-order valence-corrected chi connectivity index (χ2v) is 7.22. The Bertz CT molecular complexity index is 957. The van der Waals surface area contributed by atoms with Crippen molar-refractivity contribution in [1.82, 2.24) is 4.90 Å². The third-order valence-electron chi connectivity index (χ3n) is 3.75. The number of esters is 1. The van der Waals surface area contributed by atoms with Gasteiger partial charge in [0.15, 0.2) is 11.5 Å². The Hall–Kier alpha value is -2.71. The smallest absolute Gasteiger partial charge is 0.343 e. The fraction of sp³-hybridized carbons (Fsp3) is 0.105. The molecule has 1 heterocycles. The highest BCUT2D eigenvalue weighted by Gasteiger charge is 2.28. The molecule has 0 aromatic heterocycles. The van der Waals surface area contributed by atoms with Gasteiger partial charge < -0.3 is 9.47 Å². The maximum atomic E-state index is 13.0. The molecule has 1 aliphatic heterocycles. The molecule has 1 saturated heterocycles. The first kappa shape index (κ1) is 19.1. The lowest BCUT2D eigenvalue weighted by molar-refractivity contribution is -0.121. The lowest BCUT2D eigenvalue weighted by Crippen LogP contribution is -2.22. The van der Waals surface area contributed by atoms with E-state index in [0.717, 1.165) is 0 Å². The van der Waals surface area contributed by atoms with E-state index in [1.807, 2.05) is 0 Å². The van der Waals surface area contributed by atoms with Gasteiger partial charge in [-0.3, -0.25) is 9.69 Å². The molecule has 27 heavy (non-hydrogen) atoms. The number of rotatable bonds is 4. The van der Waals surface area contributed by atoms with E-state index in [4.69, 9.17) is 21.7 Å². The van der Waals surface area contributed by atoms with Gasteiger partial charge in [-0.05, 0) is 48.0 Å². The van der Waals surface area contributed by atoms with Crippen molar-refractivity contribution in [2.75, 3.05) is 14.2 Å². The van der Waals surface area contributed by atoms with Crippen molar-refractivity contribution in [3.05, 3.63) is 64.3 Å². The van der Waals surface area contributed by atoms with Crippen LogP contribution in [0.15, 0.2) is 47.4 Å². The number of thiocarbonyl (C=S) groups is 1. The largest absolute Gasteiger partial charge is 0.493 e. The third kappa shape index (κ3) is 4.17. The monoisotopic (exact) mass is 403 g/mol. The van der Waals surface area contributed by atoms with Crippen molar-refractivity contribution in [3.63, 3.8) is 0 Å². The number of amides is 1. The molecule has 8 heteroatoms. The molecule has 0 radical (unpaired) electrons. The molecule has 2 aromatic rings. The van der Waals surface area contributed by atoms with Crippen LogP contribution in [-0.2, 0) is 4.79 Å². The van der Waals surface area contributed by atoms with Gasteiger partial charge in [-0.15, -0.1) is 0 Å². The van der Waals surface area contributed by atoms with Gasteiger partial charge in [0.1, 0.15) is 10.1 Å². The van der Waals surface area contributed by atoms with Crippen molar-refractivity contribution in [2.45, 2.75) is 0 Å². The second kappa shape index (κ2) is 7.89. The van der Waals surface area contributed by atoms with E-state index in [-0.39, 0.29) is 17.2 Å². The van der Waals surface area contributed by atoms with Crippen LogP contribution in [0.1, 0.15) is 15.9 Å². The van der Waals surface area contributed by atoms with Crippen LogP contribution in [0.25, 0.3) is 6.08 Å². The predicted molar refractivity (Wildman–Crippen MR) is 105 cm³/mol. The van der Waals surface area contributed by atoms with Gasteiger partial charge in [-0.25, -0.2) is 9.18 Å². The minimum atomic E-state index is -0.632. The molecular weight excluding hydrogens is 389 g/mol. The Balaban J connectivity index is 1.82. The van der Waals surface area contributed by atoms with Gasteiger partial charge in [0.05, 0.1) is 17.6 Å². The van der Waals surface area contributed by atoms with Crippen LogP contribution in [0.5, 0.6) is 11.5 Å². The summed E-state index contributed by atoms with van der Waals surface area (Å²) in [6, 6.07) is 9.95. The third-order valence-corrected chi connectivity index (χ3v) is 5.24. The number of halogens is 1. The number of nitrogens with zero attached hydrogens (tertiary/aromatic N) is 1. The summed E-state index contributed by atoms with van der Waals surface area (Å²) < 4.78 is 24.1. The van der Waals surface area contributed by atoms with Crippen molar-refractivity contribution in [2.24, 2.45) is 0 Å². The molecule has 5 nitrogen and oxygen atoms in total. The summed E-state index contributed by atoms with van der Waals surface area (Å²) >= 11 is 6.32. The van der Waals surface area contributed by atoms with Gasteiger partial charge in [0, 0.05) is 7.05 Å². The standard InChI is InChI=1S/C19H14FNO4S2/c1-21-17(22)16(27-19(21)26)10-11-3-8-14(15(9-11)24-2)25-18(23)12-4-6-13(20)7-5-12/h3-10H,1-2H3/b16-10+. The van der Waals surface area contributed by atoms with Crippen LogP contribution in [0.2, 0.25) is 0 Å². The summed E-state index contributed by atoms with van der Waals surface area (Å²) in [5, 5.41) is 0. The number of carbonyl (C=O) groups is 2. The van der Waals surface area contributed by atoms with E-state index in [1.54, 1.807) is 31.3 Å². The number of hydrogen-bond donors (Lipinski definition) is 0. The van der Waals surface area contributed by atoms with Gasteiger partial charge >= 0.3 is 5.97 Å². The summed E-state index contributed by atoms with van der Waals surface area (Å²) in [6.07, 6.45) is 1.69. The minimum absolute atomic E-state index is 0.171. The Morgan fingerprint density at radius 3 is 2.48 bits per heavy atom. The number of methoxy groups -OCH3 is 1. The van der Waals surface area contributed by atoms with Crippen molar-refractivity contribution in [3.8, 4) is 11.5 Å². The molecular formula is C19H14FNO4S2. The fourth-order valence-corrected chi connectivity index (χ4v) is 3.48. The molecule has 138 valence electrons. The summed E-state index contributed by atoms with van der Waals surface area (Å²) in [5.74, 6) is -0.701. The molecule has 0 atom stereocenters. The Morgan fingerprint density at radius 1 is 1.19 bits per heavy atom. The first-order valence-corrected chi connectivity index (χ1v) is 8.99. The zero-order chi connectivity index (χ0) is 19.6. The topological polar surface area (TPSA) is 55.8 Å². The fourth-order valence-electron chi connectivity index (χ4n) is 2.30. The predicted octanol–water partition coefficient (Wildman–Crippen LogP) is 3.88. The summed E-state index contributed by atoms with van der Waals surface area (Å²) in [7, 11) is 3.07. The normalized spacial score (nSPS) is 15.4. The quantitative estimate of drug-likeness (QED) is 0.334. The lowest BCUT2D eigenvalue weighted by Gasteiger charge is -2.10. The van der Waals surface area contributed by atoms with Gasteiger partial charge in [0.2, 0.25) is 0 Å². The molecule has 2 aromatic carbocycles. The molecule has 3 rings (SSSR count). The van der Waals surface area contributed by atoms with Crippen LogP contribution in [0, 0.1) is 5.82 Å². The molecule has 0 N–H and O–H groups in total. The Labute approximate surface area is 164 Å². The van der Waals surface area contributed by atoms with Crippen LogP contribution >= 0.6 is 24.0 Å². The SMILES string of the molecule is COc1cc(/C=C2/SC(=S)N(C)C2=O)ccc1OC(=O)c1ccc(F)cc1. The Kier molecular flexibility index (Phi) is 5.57. The van der Waals surface area contributed by atoms with Crippen molar-refractivity contribution < 1.29 is 23.5 Å². The zero-order valence-corrected chi connectivity index (χ0v) is 16.0. The molecule has 1 aliphatic rings. The molecule has 0 saturated carbocycles. The van der Waals surface area contributed by atoms with E-state index in [0.29, 0.717) is 20.5 Å². The summed E-state index contributed by atoms with van der Waals surface area (Å²) in [4.78, 5) is 26.2. The van der Waals surface area contributed by atoms with E-state index >= 15 is 0 Å². The van der Waals surface area contributed by atoms with Gasteiger partial charge in [-0.1, -0.05) is 30.0 Å². The van der Waals surface area contributed by atoms with E-state index in [1.165, 1.54) is 48.0 Å². The second-order valence-electron chi connectivity index (χ2n) is 5.55. The minimum Gasteiger partial charge on any atom is -0.493 e. The Morgan fingerprint density at radius 2 is 1.89 bits per heavy atom. The maximum Gasteiger partial charge on any atom is 0.343 e. The average molecular weight is 403 g/mol. The lowest BCUT2D eigenvalue weighted by atomic mass is 10.1. The number of benzene rings is 2. The average Bonchev–Trinajstić information content (AvgIpc) is 2.90. The van der Waals surface area contributed by atoms with E-state index in [2.05, 4.69) is 0 Å². The summed E-state index contributed by atoms with van der Waals surface area (Å²) in [6.45, 7) is 0. The molecule has 0 bridgehead atoms. The first-order chi connectivity index (χ1) is 12.9. The van der Waals surface area contributed by atoms with Crippen LogP contribution in [0.4, 0.5) is 4.39 Å². The van der Waals surface area contributed by atoms with Crippen molar-refractivity contribution in [1.29, 1.82) is 0 Å². The molecule has 1 fully saturated rings. The summed E-state index contributed by atoms with van der Waals surface area (Å²) in [5.41, 5.74) is 0.913. The zero-order valence-electron chi connectivity index (χ0n) is 14.4. The molecule has 0 unspecified atom stereocenters. The molecule has 0 spiro atoms. The molecule has 1 amide bonds. The number of carbonyl (C=O) groups excluding carboxylic acids is 2. The number of thioether (sulfide) groups is 1. The number of likely N-dealkylation sites (N-methyl/N-ethyl adjacent to an activating group) is 1. The van der Waals surface area contributed by atoms with Crippen LogP contribution in [0.3, 0.4) is 0 Å². The van der Waals surface area contributed by atoms with E-state index in [9.17, 15) is 14.0 Å². The van der Waals surface area contributed by atoms with E-state index < -0.39 is 11.8 Å². The number of hydrogen-bond acceptors (Lipinski definition) is 6. The highest BCUT2D eigenvalue weighted by molar-refractivity contribution is 8.26. The van der Waals surface area contributed by atoms with Crippen LogP contribution < -0.4 is 9.47 Å². The highest BCUT2D eigenvalue weighted by atomic mass is 32.2. The first-order valence-electron chi connectivity index (χ1n) is 7.76. The van der Waals surface area contributed by atoms with Crippen LogP contribution in [-0.4, -0.2) is 35.3 Å². The highest BCUT2D eigenvalue weighted by Crippen LogP contribution is 2.34. The maximum absolute atomic E-state index is 13.0. The van der Waals surface area contributed by atoms with Gasteiger partial charge in [-0.2, -0.15) is 0 Å². The molecule has 0 aliphatic carbocycles. The van der Waals surface area contributed by atoms with Gasteiger partial charge in [0.25, 0.3) is 5.91 Å². The van der Waals surface area contributed by atoms with Crippen molar-refractivity contribution >= 4 is 46.3 Å².